The number of rotatable bonds is 1. The monoisotopic (exact) mass is 253 g/mol. The summed E-state index contributed by atoms with van der Waals surface area (Å²) in [5.41, 5.74) is 1.11. The van der Waals surface area contributed by atoms with Crippen molar-refractivity contribution in [3.63, 3.8) is 0 Å². The van der Waals surface area contributed by atoms with Gasteiger partial charge in [0.15, 0.2) is 5.79 Å². The van der Waals surface area contributed by atoms with Gasteiger partial charge in [0.25, 0.3) is 0 Å². The van der Waals surface area contributed by atoms with Crippen LogP contribution in [0.3, 0.4) is 0 Å². The van der Waals surface area contributed by atoms with Gasteiger partial charge in [0.2, 0.25) is 0 Å². The highest BCUT2D eigenvalue weighted by molar-refractivity contribution is 6.33. The van der Waals surface area contributed by atoms with Gasteiger partial charge in [0.05, 0.1) is 23.9 Å². The summed E-state index contributed by atoms with van der Waals surface area (Å²) in [6.07, 6.45) is 1.83. The predicted octanol–water partition coefficient (Wildman–Crippen LogP) is 2.68. The molecule has 2 aliphatic heterocycles. The molecule has 0 unspecified atom stereocenters. The largest absolute Gasteiger partial charge is 0.370 e. The summed E-state index contributed by atoms with van der Waals surface area (Å²) < 4.78 is 11.4. The van der Waals surface area contributed by atoms with E-state index >= 15 is 0 Å². The lowest BCUT2D eigenvalue weighted by molar-refractivity contribution is -0.169. The molecule has 0 atom stereocenters. The standard InChI is InChI=1S/C13H16ClNO2/c14-11-3-1-2-4-12(11)15-7-5-13(6-8-15)16-9-10-17-13/h1-4H,5-10H2. The van der Waals surface area contributed by atoms with Crippen LogP contribution in [0.2, 0.25) is 5.02 Å². The first-order chi connectivity index (χ1) is 8.29. The molecule has 3 nitrogen and oxygen atoms in total. The maximum Gasteiger partial charge on any atom is 0.171 e. The summed E-state index contributed by atoms with van der Waals surface area (Å²) in [6.45, 7) is 3.33. The van der Waals surface area contributed by atoms with E-state index in [1.807, 2.05) is 18.2 Å². The first kappa shape index (κ1) is 11.3. The fourth-order valence-electron chi connectivity index (χ4n) is 2.58. The van der Waals surface area contributed by atoms with Crippen molar-refractivity contribution in [2.75, 3.05) is 31.2 Å². The zero-order chi connectivity index (χ0) is 11.7. The van der Waals surface area contributed by atoms with Gasteiger partial charge < -0.3 is 14.4 Å². The Kier molecular flexibility index (Phi) is 2.99. The van der Waals surface area contributed by atoms with Gasteiger partial charge in [-0.3, -0.25) is 0 Å². The fraction of sp³-hybridized carbons (Fsp3) is 0.538. The summed E-state index contributed by atoms with van der Waals surface area (Å²) in [5.74, 6) is -0.308. The second kappa shape index (κ2) is 4.48. The molecule has 0 amide bonds. The zero-order valence-corrected chi connectivity index (χ0v) is 10.4. The Bertz CT molecular complexity index is 394. The van der Waals surface area contributed by atoms with Crippen molar-refractivity contribution < 1.29 is 9.47 Å². The van der Waals surface area contributed by atoms with Crippen LogP contribution in [0.1, 0.15) is 12.8 Å². The van der Waals surface area contributed by atoms with Crippen LogP contribution in [0.15, 0.2) is 24.3 Å². The van der Waals surface area contributed by atoms with Crippen LogP contribution in [-0.4, -0.2) is 32.1 Å². The van der Waals surface area contributed by atoms with E-state index in [-0.39, 0.29) is 5.79 Å². The molecule has 0 N–H and O–H groups in total. The summed E-state index contributed by atoms with van der Waals surface area (Å²) in [6, 6.07) is 7.98. The van der Waals surface area contributed by atoms with Crippen molar-refractivity contribution in [3.05, 3.63) is 29.3 Å². The van der Waals surface area contributed by atoms with Gasteiger partial charge in [-0.05, 0) is 12.1 Å². The van der Waals surface area contributed by atoms with Gasteiger partial charge in [-0.2, -0.15) is 0 Å². The van der Waals surface area contributed by atoms with E-state index in [9.17, 15) is 0 Å². The van der Waals surface area contributed by atoms with Gasteiger partial charge in [-0.1, -0.05) is 23.7 Å². The predicted molar refractivity (Wildman–Crippen MR) is 67.5 cm³/mol. The third kappa shape index (κ3) is 2.15. The van der Waals surface area contributed by atoms with E-state index in [4.69, 9.17) is 21.1 Å². The number of benzene rings is 1. The topological polar surface area (TPSA) is 21.7 Å². The molecule has 0 aliphatic carbocycles. The lowest BCUT2D eigenvalue weighted by Crippen LogP contribution is -2.45. The first-order valence-electron chi connectivity index (χ1n) is 6.07. The van der Waals surface area contributed by atoms with Crippen LogP contribution < -0.4 is 4.90 Å². The second-order valence-corrected chi connectivity index (χ2v) is 4.95. The average molecular weight is 254 g/mol. The molecule has 2 saturated heterocycles. The van der Waals surface area contributed by atoms with Crippen LogP contribution in [0.25, 0.3) is 0 Å². The molecule has 1 aromatic rings. The van der Waals surface area contributed by atoms with Crippen molar-refractivity contribution in [3.8, 4) is 0 Å². The number of hydrogen-bond donors (Lipinski definition) is 0. The van der Waals surface area contributed by atoms with Crippen molar-refractivity contribution >= 4 is 17.3 Å². The normalized spacial score (nSPS) is 23.2. The number of nitrogens with zero attached hydrogens (tertiary/aromatic N) is 1. The minimum absolute atomic E-state index is 0.308. The number of hydrogen-bond acceptors (Lipinski definition) is 3. The molecular formula is C13H16ClNO2. The van der Waals surface area contributed by atoms with Gasteiger partial charge in [0.1, 0.15) is 0 Å². The Morgan fingerprint density at radius 3 is 2.35 bits per heavy atom. The van der Waals surface area contributed by atoms with E-state index in [1.54, 1.807) is 0 Å². The van der Waals surface area contributed by atoms with E-state index in [1.165, 1.54) is 0 Å². The SMILES string of the molecule is Clc1ccccc1N1CCC2(CC1)OCCO2. The molecule has 17 heavy (non-hydrogen) atoms. The molecule has 0 aromatic heterocycles. The number of para-hydroxylation sites is 1. The fourth-order valence-corrected chi connectivity index (χ4v) is 2.84. The van der Waals surface area contributed by atoms with Crippen molar-refractivity contribution in [2.45, 2.75) is 18.6 Å². The zero-order valence-electron chi connectivity index (χ0n) is 9.69. The molecule has 2 aliphatic rings. The molecule has 0 radical (unpaired) electrons. The summed E-state index contributed by atoms with van der Waals surface area (Å²) in [5, 5.41) is 0.816. The van der Waals surface area contributed by atoms with Gasteiger partial charge in [-0.15, -0.1) is 0 Å². The van der Waals surface area contributed by atoms with Gasteiger partial charge >= 0.3 is 0 Å². The first-order valence-corrected chi connectivity index (χ1v) is 6.44. The molecule has 1 spiro atoms. The molecule has 4 heteroatoms. The number of ether oxygens (including phenoxy) is 2. The molecule has 2 fully saturated rings. The number of piperidine rings is 1. The van der Waals surface area contributed by atoms with E-state index in [0.29, 0.717) is 0 Å². The highest BCUT2D eigenvalue weighted by atomic mass is 35.5. The van der Waals surface area contributed by atoms with Gasteiger partial charge in [0, 0.05) is 25.9 Å². The van der Waals surface area contributed by atoms with Gasteiger partial charge in [-0.25, -0.2) is 0 Å². The second-order valence-electron chi connectivity index (χ2n) is 4.55. The highest BCUT2D eigenvalue weighted by Crippen LogP contribution is 2.35. The average Bonchev–Trinajstić information content (AvgIpc) is 2.80. The van der Waals surface area contributed by atoms with Crippen LogP contribution in [0.4, 0.5) is 5.69 Å². The summed E-state index contributed by atoms with van der Waals surface area (Å²) >= 11 is 6.20. The Labute approximate surface area is 106 Å². The number of anilines is 1. The highest BCUT2D eigenvalue weighted by Gasteiger charge is 2.39. The Morgan fingerprint density at radius 1 is 1.06 bits per heavy atom. The van der Waals surface area contributed by atoms with Crippen LogP contribution in [0.5, 0.6) is 0 Å². The quantitative estimate of drug-likeness (QED) is 0.768. The molecule has 1 aromatic carbocycles. The molecule has 2 heterocycles. The van der Waals surface area contributed by atoms with Crippen LogP contribution in [-0.2, 0) is 9.47 Å². The molecule has 0 bridgehead atoms. The molecule has 0 saturated carbocycles. The maximum absolute atomic E-state index is 6.20. The number of halogens is 1. The van der Waals surface area contributed by atoms with Crippen molar-refractivity contribution in [1.29, 1.82) is 0 Å². The summed E-state index contributed by atoms with van der Waals surface area (Å²) in [4.78, 5) is 2.30. The van der Waals surface area contributed by atoms with E-state index < -0.39 is 0 Å². The maximum atomic E-state index is 6.20. The minimum atomic E-state index is -0.308. The molecule has 92 valence electrons. The molecule has 3 rings (SSSR count). The van der Waals surface area contributed by atoms with Crippen molar-refractivity contribution in [1.82, 2.24) is 0 Å². The van der Waals surface area contributed by atoms with Crippen LogP contribution >= 0.6 is 11.6 Å². The lowest BCUT2D eigenvalue weighted by atomic mass is 10.0. The minimum Gasteiger partial charge on any atom is -0.370 e. The van der Waals surface area contributed by atoms with Crippen molar-refractivity contribution in [2.24, 2.45) is 0 Å². The van der Waals surface area contributed by atoms with Crippen LogP contribution in [0, 0.1) is 0 Å². The van der Waals surface area contributed by atoms with E-state index in [0.717, 1.165) is 49.9 Å². The lowest BCUT2D eigenvalue weighted by Gasteiger charge is -2.39. The molecular weight excluding hydrogens is 238 g/mol. The Hall–Kier alpha value is -0.770. The third-order valence-corrected chi connectivity index (χ3v) is 3.85. The smallest absolute Gasteiger partial charge is 0.171 e. The Balaban J connectivity index is 1.71. The van der Waals surface area contributed by atoms with E-state index in [2.05, 4.69) is 11.0 Å². The summed E-state index contributed by atoms with van der Waals surface area (Å²) in [7, 11) is 0. The third-order valence-electron chi connectivity index (χ3n) is 3.53. The Morgan fingerprint density at radius 2 is 1.71 bits per heavy atom.